The molecule has 0 fully saturated rings. The largest absolute Gasteiger partial charge is 0.472 e. The van der Waals surface area contributed by atoms with E-state index in [2.05, 4.69) is 186 Å². The number of hydrogen-bond donors (Lipinski definition) is 3. The lowest BCUT2D eigenvalue weighted by Gasteiger charge is -2.21. The fourth-order valence-electron chi connectivity index (χ4n) is 10.7. The van der Waals surface area contributed by atoms with Crippen molar-refractivity contribution in [1.29, 1.82) is 0 Å². The summed E-state index contributed by atoms with van der Waals surface area (Å²) in [4.78, 5) is 73.2. The van der Waals surface area contributed by atoms with Crippen molar-refractivity contribution >= 4 is 39.5 Å². The molecule has 616 valence electrons. The number of esters is 4. The Labute approximate surface area is 655 Å². The Morgan fingerprint density at radius 3 is 0.778 bits per heavy atom. The van der Waals surface area contributed by atoms with Gasteiger partial charge < -0.3 is 33.8 Å². The van der Waals surface area contributed by atoms with Crippen LogP contribution in [0.5, 0.6) is 0 Å². The van der Waals surface area contributed by atoms with Gasteiger partial charge in [-0.25, -0.2) is 9.13 Å². The Kier molecular flexibility index (Phi) is 75.8. The SMILES string of the molecule is CC/C=C\C/C=C\C/C=C\C/C=C\C/C=C\CCCCCC(=O)OC[C@H](COP(=O)(O)OC[C@@H](O)COP(=O)(O)OC[C@@H](COC(=O)CCCCCCC/C=C\C/C=C\CCCCC)OC(=O)CCCCC/C=C\C/C=C\C/C=C\C/C=C\C/C=C\CC)OC(=O)CCCCCCCCC/C=C\CCCCCC. The molecule has 0 aromatic heterocycles. The smallest absolute Gasteiger partial charge is 0.462 e. The molecule has 0 saturated heterocycles. The number of rotatable bonds is 77. The first kappa shape index (κ1) is 103. The van der Waals surface area contributed by atoms with Gasteiger partial charge in [0.05, 0.1) is 26.4 Å². The first-order chi connectivity index (χ1) is 52.7. The third-order valence-electron chi connectivity index (χ3n) is 17.0. The number of phosphoric ester groups is 2. The first-order valence-corrected chi connectivity index (χ1v) is 44.7. The lowest BCUT2D eigenvalue weighted by Crippen LogP contribution is -2.30. The maximum atomic E-state index is 13.1. The van der Waals surface area contributed by atoms with Gasteiger partial charge in [0, 0.05) is 25.7 Å². The number of aliphatic hydroxyl groups is 1. The van der Waals surface area contributed by atoms with E-state index in [1.54, 1.807) is 0 Å². The summed E-state index contributed by atoms with van der Waals surface area (Å²) < 4.78 is 68.7. The normalized spacial score (nSPS) is 14.6. The highest BCUT2D eigenvalue weighted by Crippen LogP contribution is 2.45. The predicted octanol–water partition coefficient (Wildman–Crippen LogP) is 24.8. The summed E-state index contributed by atoms with van der Waals surface area (Å²) in [5.74, 6) is -2.27. The van der Waals surface area contributed by atoms with Gasteiger partial charge >= 0.3 is 39.5 Å². The number of ether oxygens (including phenoxy) is 4. The van der Waals surface area contributed by atoms with E-state index in [0.29, 0.717) is 25.7 Å². The van der Waals surface area contributed by atoms with Crippen molar-refractivity contribution in [3.63, 3.8) is 0 Å². The molecule has 0 radical (unpaired) electrons. The molecule has 0 aliphatic heterocycles. The van der Waals surface area contributed by atoms with Crippen LogP contribution in [0.3, 0.4) is 0 Å². The van der Waals surface area contributed by atoms with Gasteiger partial charge in [-0.15, -0.1) is 0 Å². The van der Waals surface area contributed by atoms with E-state index in [-0.39, 0.29) is 25.7 Å². The maximum Gasteiger partial charge on any atom is 0.472 e. The van der Waals surface area contributed by atoms with Crippen molar-refractivity contribution in [1.82, 2.24) is 0 Å². The summed E-state index contributed by atoms with van der Waals surface area (Å²) in [7, 11) is -10.00. The van der Waals surface area contributed by atoms with E-state index in [0.717, 1.165) is 199 Å². The molecule has 0 saturated carbocycles. The number of aliphatic hydroxyl groups excluding tert-OH is 1. The molecule has 0 aromatic rings. The van der Waals surface area contributed by atoms with Crippen LogP contribution in [0.2, 0.25) is 0 Å². The molecule has 0 heterocycles. The fraction of sp³-hybridized carbons (Fsp3) is 0.663. The molecule has 0 aliphatic rings. The second kappa shape index (κ2) is 79.8. The van der Waals surface area contributed by atoms with Crippen molar-refractivity contribution in [2.24, 2.45) is 0 Å². The van der Waals surface area contributed by atoms with Crippen LogP contribution in [0, 0.1) is 0 Å². The maximum absolute atomic E-state index is 13.1. The first-order valence-electron chi connectivity index (χ1n) is 41.7. The van der Waals surface area contributed by atoms with E-state index >= 15 is 0 Å². The average Bonchev–Trinajstić information content (AvgIpc) is 0.914. The van der Waals surface area contributed by atoms with Crippen LogP contribution >= 0.6 is 15.6 Å². The molecule has 3 N–H and O–H groups in total. The number of hydrogen-bond acceptors (Lipinski definition) is 15. The molecule has 0 rings (SSSR count). The third-order valence-corrected chi connectivity index (χ3v) is 18.9. The Balaban J connectivity index is 5.46. The van der Waals surface area contributed by atoms with E-state index in [9.17, 15) is 43.2 Å². The molecule has 0 aromatic carbocycles. The van der Waals surface area contributed by atoms with Gasteiger partial charge in [0.1, 0.15) is 19.3 Å². The molecular weight excluding hydrogens is 1400 g/mol. The lowest BCUT2D eigenvalue weighted by molar-refractivity contribution is -0.161. The summed E-state index contributed by atoms with van der Waals surface area (Å²) in [6.07, 6.45) is 93.5. The number of carbonyl (C=O) groups excluding carboxylic acids is 4. The summed E-state index contributed by atoms with van der Waals surface area (Å²) >= 11 is 0. The monoisotopic (exact) mass is 1550 g/mol. The van der Waals surface area contributed by atoms with Gasteiger partial charge in [-0.1, -0.05) is 282 Å². The van der Waals surface area contributed by atoms with Gasteiger partial charge in [-0.05, 0) is 173 Å². The summed E-state index contributed by atoms with van der Waals surface area (Å²) in [5.41, 5.74) is 0. The van der Waals surface area contributed by atoms with Crippen LogP contribution in [-0.4, -0.2) is 96.7 Å². The zero-order valence-corrected chi connectivity index (χ0v) is 69.3. The van der Waals surface area contributed by atoms with Gasteiger partial charge in [0.2, 0.25) is 0 Å². The molecule has 0 spiro atoms. The molecule has 108 heavy (non-hydrogen) atoms. The van der Waals surface area contributed by atoms with Crippen LogP contribution in [0.15, 0.2) is 158 Å². The summed E-state index contributed by atoms with van der Waals surface area (Å²) in [6.45, 7) is 4.53. The summed E-state index contributed by atoms with van der Waals surface area (Å²) in [5, 5.41) is 10.7. The standard InChI is InChI=1S/C89H148O17P2/c1-5-9-13-17-21-25-29-33-37-39-41-43-47-50-54-58-62-66-70-74-87(92)100-80-84(105-88(93)75-71-67-63-59-55-51-46-36-32-28-24-20-16-12-8-4)81-103-107(95,96)101-77-83(90)78-102-108(97,98)104-82-85(79-99-86(91)73-69-65-61-57-53-49-45-35-31-27-23-19-15-11-7-3)106-89(94)76-72-68-64-60-56-52-48-44-42-40-38-34-30-26-22-18-14-10-6-2/h9-10,13-14,21-23,25-28,32-35,37-38,41-45,50,52,54,56,83-85,90H,5-8,11-12,15-20,24,29-31,36,39-40,46-49,51,53,55,57-82H2,1-4H3,(H,95,96)(H,97,98)/b13-9-,14-10-,25-21-,26-22-,27-23-,32-28-,37-33-,38-34-,43-41-,44-42-,45-35-,54-50-,56-52-/t83-,84-,85-/m1/s1. The van der Waals surface area contributed by atoms with Gasteiger partial charge in [0.15, 0.2) is 12.2 Å². The van der Waals surface area contributed by atoms with Crippen LogP contribution in [-0.2, 0) is 65.4 Å². The number of allylic oxidation sites excluding steroid dienone is 26. The van der Waals surface area contributed by atoms with Gasteiger partial charge in [-0.3, -0.25) is 37.3 Å². The molecular formula is C89H148O17P2. The quantitative estimate of drug-likeness (QED) is 0.0169. The lowest BCUT2D eigenvalue weighted by atomic mass is 10.1. The summed E-state index contributed by atoms with van der Waals surface area (Å²) in [6, 6.07) is 0. The Bertz CT molecular complexity index is 2660. The van der Waals surface area contributed by atoms with Crippen molar-refractivity contribution in [3.8, 4) is 0 Å². The van der Waals surface area contributed by atoms with Gasteiger partial charge in [-0.2, -0.15) is 0 Å². The minimum Gasteiger partial charge on any atom is -0.462 e. The highest BCUT2D eigenvalue weighted by Gasteiger charge is 2.30. The zero-order chi connectivity index (χ0) is 78.9. The van der Waals surface area contributed by atoms with E-state index in [1.807, 2.05) is 0 Å². The van der Waals surface area contributed by atoms with Crippen LogP contribution < -0.4 is 0 Å². The van der Waals surface area contributed by atoms with Crippen molar-refractivity contribution in [3.05, 3.63) is 158 Å². The highest BCUT2D eigenvalue weighted by molar-refractivity contribution is 7.47. The van der Waals surface area contributed by atoms with Crippen molar-refractivity contribution in [2.75, 3.05) is 39.6 Å². The molecule has 17 nitrogen and oxygen atoms in total. The number of carbonyl (C=O) groups is 4. The van der Waals surface area contributed by atoms with E-state index in [4.69, 9.17) is 37.0 Å². The molecule has 5 atom stereocenters. The van der Waals surface area contributed by atoms with Crippen LogP contribution in [0.4, 0.5) is 0 Å². The topological polar surface area (TPSA) is 237 Å². The van der Waals surface area contributed by atoms with E-state index < -0.39 is 97.5 Å². The molecule has 19 heteroatoms. The fourth-order valence-corrected chi connectivity index (χ4v) is 12.2. The Morgan fingerprint density at radius 2 is 0.481 bits per heavy atom. The second-order valence-corrected chi connectivity index (χ2v) is 30.2. The molecule has 0 aliphatic carbocycles. The highest BCUT2D eigenvalue weighted by atomic mass is 31.2. The minimum atomic E-state index is -5.00. The predicted molar refractivity (Wildman–Crippen MR) is 445 cm³/mol. The van der Waals surface area contributed by atoms with Crippen LogP contribution in [0.25, 0.3) is 0 Å². The number of phosphoric acid groups is 2. The van der Waals surface area contributed by atoms with Crippen LogP contribution in [0.1, 0.15) is 323 Å². The van der Waals surface area contributed by atoms with Crippen molar-refractivity contribution < 1.29 is 80.2 Å². The second-order valence-electron chi connectivity index (χ2n) is 27.3. The Hall–Kier alpha value is -5.32. The Morgan fingerprint density at radius 1 is 0.269 bits per heavy atom. The van der Waals surface area contributed by atoms with Crippen molar-refractivity contribution in [2.45, 2.75) is 341 Å². The van der Waals surface area contributed by atoms with E-state index in [1.165, 1.54) is 44.9 Å². The third kappa shape index (κ3) is 78.8. The minimum absolute atomic E-state index is 0.0475. The molecule has 2 unspecified atom stereocenters. The zero-order valence-electron chi connectivity index (χ0n) is 67.5. The molecule has 0 bridgehead atoms. The van der Waals surface area contributed by atoms with Gasteiger partial charge in [0.25, 0.3) is 0 Å². The average molecular weight is 1550 g/mol. The molecule has 0 amide bonds. The number of unbranched alkanes of at least 4 members (excludes halogenated alkanes) is 25.